The summed E-state index contributed by atoms with van der Waals surface area (Å²) in [6.07, 6.45) is 88.0. The third-order valence-corrected chi connectivity index (χ3v) is 17.2. The van der Waals surface area contributed by atoms with Gasteiger partial charge in [-0.3, -0.25) is 13.8 Å². The zero-order valence-electron chi connectivity index (χ0n) is 55.2. The molecule has 0 aliphatic rings. The maximum atomic E-state index is 13.1. The van der Waals surface area contributed by atoms with Crippen LogP contribution in [0, 0.1) is 0 Å². The van der Waals surface area contributed by atoms with E-state index in [0.29, 0.717) is 17.4 Å². The van der Waals surface area contributed by atoms with Crippen molar-refractivity contribution in [1.82, 2.24) is 5.32 Å². The van der Waals surface area contributed by atoms with Crippen molar-refractivity contribution in [3.05, 3.63) is 60.8 Å². The molecule has 3 N–H and O–H groups in total. The molecule has 0 heterocycles. The van der Waals surface area contributed by atoms with E-state index < -0.39 is 20.0 Å². The summed E-state index contributed by atoms with van der Waals surface area (Å²) in [7, 11) is 1.59. The first-order valence-electron chi connectivity index (χ1n) is 35.7. The molecular formula is C73H140N2O6P+. The molecule has 0 radical (unpaired) electrons. The number of amides is 1. The molecule has 8 nitrogen and oxygen atoms in total. The minimum absolute atomic E-state index is 0.0630. The van der Waals surface area contributed by atoms with E-state index in [1.54, 1.807) is 6.08 Å². The van der Waals surface area contributed by atoms with Crippen molar-refractivity contribution in [2.75, 3.05) is 40.9 Å². The lowest BCUT2D eigenvalue weighted by molar-refractivity contribution is -0.870. The summed E-state index contributed by atoms with van der Waals surface area (Å²) in [5, 5.41) is 14.0. The molecule has 1 amide bonds. The second kappa shape index (κ2) is 63.7. The quantitative estimate of drug-likeness (QED) is 0.0243. The number of phosphoric acid groups is 1. The number of likely N-dealkylation sites (N-methyl/N-ethyl adjacent to an activating group) is 1. The number of carbonyl (C=O) groups excluding carboxylic acids is 1. The lowest BCUT2D eigenvalue weighted by atomic mass is 10.0. The number of aliphatic hydroxyl groups excluding tert-OH is 1. The minimum Gasteiger partial charge on any atom is -0.387 e. The highest BCUT2D eigenvalue weighted by Gasteiger charge is 2.28. The molecule has 0 bridgehead atoms. The standard InChI is InChI=1S/C73H139N2O6P/c1-6-8-10-12-14-16-18-20-22-24-26-28-30-31-32-33-34-35-36-37-38-39-40-41-42-43-45-47-49-51-53-55-57-59-61-63-65-67-73(77)74-71(70-81-82(78,79)80-69-68-75(3,4)5)72(76)66-64-62-60-58-56-54-52-50-48-46-44-29-27-25-23-21-19-17-15-13-11-9-7-2/h8,10,14,16,20,22,26,28,64,66,71-72,76H,6-7,9,11-13,15,17-19,21,23-25,27,29-63,65,67-70H2,1-5H3,(H-,74,77,78,79)/p+1/b10-8-,16-14-,22-20-,28-26-,66-64+. The van der Waals surface area contributed by atoms with E-state index in [-0.39, 0.29) is 19.1 Å². The number of hydrogen-bond donors (Lipinski definition) is 3. The fourth-order valence-electron chi connectivity index (χ4n) is 10.7. The molecule has 0 aromatic rings. The summed E-state index contributed by atoms with van der Waals surface area (Å²) in [6, 6.07) is -0.847. The second-order valence-electron chi connectivity index (χ2n) is 25.6. The number of allylic oxidation sites excluding steroid dienone is 9. The Labute approximate surface area is 511 Å². The first-order chi connectivity index (χ1) is 40.0. The highest BCUT2D eigenvalue weighted by atomic mass is 31.2. The SMILES string of the molecule is CC/C=C\C/C=C\C/C=C\C/C=C\CCCCCCCCCCCCCCCCCCCCCCCCCCC(=O)NC(COP(=O)(O)OCC[N+](C)(C)C)C(O)/C=C/CCCCCCCCCCCCCCCCCCCCCCC. The predicted octanol–water partition coefficient (Wildman–Crippen LogP) is 22.8. The number of nitrogens with zero attached hydrogens (tertiary/aromatic N) is 1. The van der Waals surface area contributed by atoms with Gasteiger partial charge in [-0.15, -0.1) is 0 Å². The Morgan fingerprint density at radius 1 is 0.427 bits per heavy atom. The Kier molecular flexibility index (Phi) is 62.3. The molecule has 0 spiro atoms. The van der Waals surface area contributed by atoms with Gasteiger partial charge in [0.25, 0.3) is 0 Å². The van der Waals surface area contributed by atoms with Crippen LogP contribution in [-0.2, 0) is 18.4 Å². The van der Waals surface area contributed by atoms with Crippen LogP contribution in [0.15, 0.2) is 60.8 Å². The molecule has 0 aliphatic heterocycles. The van der Waals surface area contributed by atoms with Gasteiger partial charge < -0.3 is 19.8 Å². The van der Waals surface area contributed by atoms with Crippen LogP contribution >= 0.6 is 7.82 Å². The van der Waals surface area contributed by atoms with Crippen LogP contribution in [0.5, 0.6) is 0 Å². The van der Waals surface area contributed by atoms with E-state index in [1.807, 2.05) is 27.2 Å². The zero-order chi connectivity index (χ0) is 59.8. The van der Waals surface area contributed by atoms with E-state index in [0.717, 1.165) is 64.2 Å². The first-order valence-corrected chi connectivity index (χ1v) is 37.2. The molecule has 0 saturated heterocycles. The second-order valence-corrected chi connectivity index (χ2v) is 27.0. The third kappa shape index (κ3) is 65.7. The van der Waals surface area contributed by atoms with Gasteiger partial charge in [0, 0.05) is 6.42 Å². The van der Waals surface area contributed by atoms with Gasteiger partial charge in [-0.2, -0.15) is 0 Å². The number of quaternary nitrogens is 1. The summed E-state index contributed by atoms with van der Waals surface area (Å²) in [5.74, 6) is -0.170. The van der Waals surface area contributed by atoms with Crippen LogP contribution in [0.3, 0.4) is 0 Å². The van der Waals surface area contributed by atoms with Crippen LogP contribution in [0.25, 0.3) is 0 Å². The molecule has 0 rings (SSSR count). The van der Waals surface area contributed by atoms with E-state index >= 15 is 0 Å². The fraction of sp³-hybridized carbons (Fsp3) is 0.849. The number of rotatable bonds is 66. The molecule has 482 valence electrons. The zero-order valence-corrected chi connectivity index (χ0v) is 56.1. The largest absolute Gasteiger partial charge is 0.472 e. The number of phosphoric ester groups is 1. The Balaban J connectivity index is 3.98. The van der Waals surface area contributed by atoms with Crippen LogP contribution in [0.1, 0.15) is 348 Å². The molecule has 0 fully saturated rings. The van der Waals surface area contributed by atoms with Gasteiger partial charge in [0.15, 0.2) is 0 Å². The molecular weight excluding hydrogens is 1030 g/mol. The van der Waals surface area contributed by atoms with E-state index in [1.165, 1.54) is 263 Å². The van der Waals surface area contributed by atoms with E-state index in [9.17, 15) is 19.4 Å². The molecule has 82 heavy (non-hydrogen) atoms. The number of aliphatic hydroxyl groups is 1. The Morgan fingerprint density at radius 3 is 1.07 bits per heavy atom. The maximum absolute atomic E-state index is 13.1. The van der Waals surface area contributed by atoms with Crippen molar-refractivity contribution in [2.45, 2.75) is 360 Å². The molecule has 0 aliphatic carbocycles. The van der Waals surface area contributed by atoms with Crippen LogP contribution in [0.2, 0.25) is 0 Å². The predicted molar refractivity (Wildman–Crippen MR) is 360 cm³/mol. The van der Waals surface area contributed by atoms with Crippen molar-refractivity contribution in [3.8, 4) is 0 Å². The van der Waals surface area contributed by atoms with E-state index in [4.69, 9.17) is 9.05 Å². The number of nitrogens with one attached hydrogen (secondary N) is 1. The Morgan fingerprint density at radius 2 is 0.732 bits per heavy atom. The average molecular weight is 1170 g/mol. The molecule has 9 heteroatoms. The van der Waals surface area contributed by atoms with Gasteiger partial charge in [0.1, 0.15) is 13.2 Å². The lowest BCUT2D eigenvalue weighted by Crippen LogP contribution is -2.45. The van der Waals surface area contributed by atoms with E-state index in [2.05, 4.69) is 67.8 Å². The van der Waals surface area contributed by atoms with Gasteiger partial charge in [0.2, 0.25) is 5.91 Å². The minimum atomic E-state index is -4.35. The van der Waals surface area contributed by atoms with Crippen molar-refractivity contribution in [1.29, 1.82) is 0 Å². The van der Waals surface area contributed by atoms with Crippen molar-refractivity contribution >= 4 is 13.7 Å². The summed E-state index contributed by atoms with van der Waals surface area (Å²) in [6.45, 7) is 4.75. The molecule has 0 aromatic heterocycles. The van der Waals surface area contributed by atoms with Crippen LogP contribution in [-0.4, -0.2) is 73.4 Å². The van der Waals surface area contributed by atoms with Crippen LogP contribution in [0.4, 0.5) is 0 Å². The highest BCUT2D eigenvalue weighted by Crippen LogP contribution is 2.43. The van der Waals surface area contributed by atoms with Gasteiger partial charge in [-0.25, -0.2) is 4.57 Å². The summed E-state index contributed by atoms with van der Waals surface area (Å²) in [4.78, 5) is 23.4. The Hall–Kier alpha value is -1.80. The monoisotopic (exact) mass is 1170 g/mol. The van der Waals surface area contributed by atoms with Gasteiger partial charge in [0.05, 0.1) is 39.9 Å². The number of unbranched alkanes of at least 4 members (excludes halogenated alkanes) is 45. The lowest BCUT2D eigenvalue weighted by Gasteiger charge is -2.25. The summed E-state index contributed by atoms with van der Waals surface area (Å²) < 4.78 is 23.8. The van der Waals surface area contributed by atoms with Gasteiger partial charge in [-0.1, -0.05) is 344 Å². The first kappa shape index (κ1) is 80.2. The average Bonchev–Trinajstić information content (AvgIpc) is 3.47. The smallest absolute Gasteiger partial charge is 0.387 e. The number of hydrogen-bond acceptors (Lipinski definition) is 5. The van der Waals surface area contributed by atoms with Gasteiger partial charge in [-0.05, 0) is 57.8 Å². The number of carbonyl (C=O) groups is 1. The van der Waals surface area contributed by atoms with Crippen molar-refractivity contribution < 1.29 is 32.9 Å². The topological polar surface area (TPSA) is 105 Å². The molecule has 3 atom stereocenters. The Bertz CT molecular complexity index is 1520. The maximum Gasteiger partial charge on any atom is 0.472 e. The van der Waals surface area contributed by atoms with Gasteiger partial charge >= 0.3 is 7.82 Å². The highest BCUT2D eigenvalue weighted by molar-refractivity contribution is 7.47. The molecule has 0 aromatic carbocycles. The van der Waals surface area contributed by atoms with Crippen molar-refractivity contribution in [3.63, 3.8) is 0 Å². The molecule has 3 unspecified atom stereocenters. The van der Waals surface area contributed by atoms with Crippen LogP contribution < -0.4 is 5.32 Å². The normalized spacial score (nSPS) is 14.0. The summed E-state index contributed by atoms with van der Waals surface area (Å²) in [5.41, 5.74) is 0. The fourth-order valence-corrected chi connectivity index (χ4v) is 11.5. The van der Waals surface area contributed by atoms with Crippen molar-refractivity contribution in [2.24, 2.45) is 0 Å². The third-order valence-electron chi connectivity index (χ3n) is 16.2. The summed E-state index contributed by atoms with van der Waals surface area (Å²) >= 11 is 0. The molecule has 0 saturated carbocycles.